The number of ether oxygens (including phenoxy) is 2. The fourth-order valence-electron chi connectivity index (χ4n) is 1.26. The zero-order valence-corrected chi connectivity index (χ0v) is 8.06. The molecule has 14 heavy (non-hydrogen) atoms. The Kier molecular flexibility index (Phi) is 3.84. The van der Waals surface area contributed by atoms with Gasteiger partial charge in [-0.3, -0.25) is 9.59 Å². The van der Waals surface area contributed by atoms with E-state index in [0.717, 1.165) is 0 Å². The Balaban J connectivity index is 2.47. The number of morpholine rings is 1. The van der Waals surface area contributed by atoms with E-state index >= 15 is 0 Å². The van der Waals surface area contributed by atoms with Crippen LogP contribution in [0.1, 0.15) is 0 Å². The van der Waals surface area contributed by atoms with Crippen LogP contribution in [-0.4, -0.2) is 56.2 Å². The standard InChI is InChI=1S/C8H14N2O4/c1-13-5-7(11)10-2-3-14-6(4-10)8(9)12/h6H,2-5H2,1H3,(H2,9,12). The molecule has 0 aromatic heterocycles. The SMILES string of the molecule is COCC(=O)N1CCOC(C(N)=O)C1. The van der Waals surface area contributed by atoms with Crippen LogP contribution in [0.3, 0.4) is 0 Å². The average molecular weight is 202 g/mol. The molecule has 0 saturated carbocycles. The summed E-state index contributed by atoms with van der Waals surface area (Å²) in [5.74, 6) is -0.693. The molecule has 1 heterocycles. The highest BCUT2D eigenvalue weighted by Crippen LogP contribution is 2.04. The van der Waals surface area contributed by atoms with Gasteiger partial charge in [-0.05, 0) is 0 Å². The van der Waals surface area contributed by atoms with Crippen LogP contribution in [-0.2, 0) is 19.1 Å². The van der Waals surface area contributed by atoms with E-state index < -0.39 is 12.0 Å². The molecule has 0 bridgehead atoms. The molecule has 6 heteroatoms. The first-order chi connectivity index (χ1) is 6.65. The molecule has 0 radical (unpaired) electrons. The van der Waals surface area contributed by atoms with Crippen molar-refractivity contribution >= 4 is 11.8 Å². The van der Waals surface area contributed by atoms with E-state index in [0.29, 0.717) is 13.2 Å². The maximum Gasteiger partial charge on any atom is 0.248 e. The van der Waals surface area contributed by atoms with Gasteiger partial charge in [-0.2, -0.15) is 0 Å². The Morgan fingerprint density at radius 1 is 1.64 bits per heavy atom. The second kappa shape index (κ2) is 4.92. The first-order valence-electron chi connectivity index (χ1n) is 4.32. The summed E-state index contributed by atoms with van der Waals surface area (Å²) in [6.07, 6.45) is -0.690. The summed E-state index contributed by atoms with van der Waals surface area (Å²) in [6, 6.07) is 0. The lowest BCUT2D eigenvalue weighted by molar-refractivity contribution is -0.147. The van der Waals surface area contributed by atoms with Crippen LogP contribution in [0, 0.1) is 0 Å². The normalized spacial score (nSPS) is 22.1. The van der Waals surface area contributed by atoms with Gasteiger partial charge < -0.3 is 20.1 Å². The third-order valence-corrected chi connectivity index (χ3v) is 2.00. The molecule has 1 unspecified atom stereocenters. The monoisotopic (exact) mass is 202 g/mol. The van der Waals surface area contributed by atoms with Crippen LogP contribution < -0.4 is 5.73 Å². The van der Waals surface area contributed by atoms with Gasteiger partial charge in [0.05, 0.1) is 13.2 Å². The second-order valence-corrected chi connectivity index (χ2v) is 3.03. The van der Waals surface area contributed by atoms with Crippen molar-refractivity contribution < 1.29 is 19.1 Å². The number of carbonyl (C=O) groups excluding carboxylic acids is 2. The van der Waals surface area contributed by atoms with Gasteiger partial charge in [-0.1, -0.05) is 0 Å². The van der Waals surface area contributed by atoms with Crippen LogP contribution in [0.4, 0.5) is 0 Å². The number of rotatable bonds is 3. The third-order valence-electron chi connectivity index (χ3n) is 2.00. The van der Waals surface area contributed by atoms with Crippen molar-refractivity contribution in [2.24, 2.45) is 5.73 Å². The first-order valence-corrected chi connectivity index (χ1v) is 4.32. The number of nitrogens with two attached hydrogens (primary N) is 1. The zero-order chi connectivity index (χ0) is 10.6. The largest absolute Gasteiger partial charge is 0.375 e. The van der Waals surface area contributed by atoms with Gasteiger partial charge in [0.25, 0.3) is 0 Å². The molecular formula is C8H14N2O4. The molecule has 1 rings (SSSR count). The second-order valence-electron chi connectivity index (χ2n) is 3.03. The highest BCUT2D eigenvalue weighted by molar-refractivity contribution is 5.82. The van der Waals surface area contributed by atoms with Gasteiger partial charge in [0, 0.05) is 13.7 Å². The summed E-state index contributed by atoms with van der Waals surface area (Å²) < 4.78 is 9.79. The van der Waals surface area contributed by atoms with Gasteiger partial charge >= 0.3 is 0 Å². The number of carbonyl (C=O) groups is 2. The summed E-state index contributed by atoms with van der Waals surface area (Å²) in [7, 11) is 1.45. The fourth-order valence-corrected chi connectivity index (χ4v) is 1.26. The molecule has 1 aliphatic rings. The number of nitrogens with zero attached hydrogens (tertiary/aromatic N) is 1. The van der Waals surface area contributed by atoms with E-state index in [4.69, 9.17) is 15.2 Å². The Bertz CT molecular complexity index is 231. The third kappa shape index (κ3) is 2.68. The predicted molar refractivity (Wildman–Crippen MR) is 47.4 cm³/mol. The molecule has 0 aromatic rings. The fraction of sp³-hybridized carbons (Fsp3) is 0.750. The number of methoxy groups -OCH3 is 1. The van der Waals surface area contributed by atoms with Crippen LogP contribution in [0.2, 0.25) is 0 Å². The van der Waals surface area contributed by atoms with Crippen molar-refractivity contribution in [3.05, 3.63) is 0 Å². The molecule has 1 fully saturated rings. The molecule has 0 aromatic carbocycles. The quantitative estimate of drug-likeness (QED) is 0.594. The highest BCUT2D eigenvalue weighted by Gasteiger charge is 2.27. The zero-order valence-electron chi connectivity index (χ0n) is 8.06. The van der Waals surface area contributed by atoms with E-state index in [1.54, 1.807) is 0 Å². The van der Waals surface area contributed by atoms with E-state index in [1.807, 2.05) is 0 Å². The predicted octanol–water partition coefficient (Wildman–Crippen LogP) is -1.65. The Morgan fingerprint density at radius 2 is 2.36 bits per heavy atom. The molecular weight excluding hydrogens is 188 g/mol. The first kappa shape index (κ1) is 10.9. The lowest BCUT2D eigenvalue weighted by atomic mass is 10.2. The average Bonchev–Trinajstić information content (AvgIpc) is 2.18. The van der Waals surface area contributed by atoms with Gasteiger partial charge in [0.2, 0.25) is 11.8 Å². The van der Waals surface area contributed by atoms with Crippen LogP contribution in [0.15, 0.2) is 0 Å². The minimum Gasteiger partial charge on any atom is -0.375 e. The molecule has 80 valence electrons. The van der Waals surface area contributed by atoms with Gasteiger partial charge in [-0.15, -0.1) is 0 Å². The summed E-state index contributed by atoms with van der Waals surface area (Å²) >= 11 is 0. The number of hydrogen-bond donors (Lipinski definition) is 1. The minimum atomic E-state index is -0.690. The lowest BCUT2D eigenvalue weighted by Crippen LogP contribution is -2.51. The van der Waals surface area contributed by atoms with Crippen LogP contribution >= 0.6 is 0 Å². The van der Waals surface area contributed by atoms with Crippen molar-refractivity contribution in [1.29, 1.82) is 0 Å². The molecule has 1 saturated heterocycles. The van der Waals surface area contributed by atoms with Crippen molar-refractivity contribution in [2.75, 3.05) is 33.4 Å². The van der Waals surface area contributed by atoms with E-state index in [2.05, 4.69) is 0 Å². The molecule has 2 N–H and O–H groups in total. The number of amides is 2. The highest BCUT2D eigenvalue weighted by atomic mass is 16.5. The van der Waals surface area contributed by atoms with Gasteiger partial charge in [-0.25, -0.2) is 0 Å². The topological polar surface area (TPSA) is 81.9 Å². The molecule has 1 aliphatic heterocycles. The maximum absolute atomic E-state index is 11.4. The van der Waals surface area contributed by atoms with E-state index in [9.17, 15) is 9.59 Å². The smallest absolute Gasteiger partial charge is 0.248 e. The number of primary amides is 1. The van der Waals surface area contributed by atoms with Crippen molar-refractivity contribution in [3.63, 3.8) is 0 Å². The van der Waals surface area contributed by atoms with Gasteiger partial charge in [0.1, 0.15) is 6.61 Å². The van der Waals surface area contributed by atoms with Gasteiger partial charge in [0.15, 0.2) is 6.10 Å². The molecule has 1 atom stereocenters. The lowest BCUT2D eigenvalue weighted by Gasteiger charge is -2.31. The van der Waals surface area contributed by atoms with E-state index in [1.165, 1.54) is 12.0 Å². The maximum atomic E-state index is 11.4. The Hall–Kier alpha value is -1.14. The Morgan fingerprint density at radius 3 is 2.93 bits per heavy atom. The van der Waals surface area contributed by atoms with Crippen LogP contribution in [0.25, 0.3) is 0 Å². The minimum absolute atomic E-state index is 0.0193. The van der Waals surface area contributed by atoms with Crippen molar-refractivity contribution in [2.45, 2.75) is 6.10 Å². The summed E-state index contributed by atoms with van der Waals surface area (Å²) in [6.45, 7) is 1.05. The molecule has 2 amide bonds. The number of hydrogen-bond acceptors (Lipinski definition) is 4. The van der Waals surface area contributed by atoms with Crippen molar-refractivity contribution in [1.82, 2.24) is 4.90 Å². The molecule has 6 nitrogen and oxygen atoms in total. The molecule has 0 aliphatic carbocycles. The summed E-state index contributed by atoms with van der Waals surface area (Å²) in [4.78, 5) is 23.7. The van der Waals surface area contributed by atoms with Crippen molar-refractivity contribution in [3.8, 4) is 0 Å². The van der Waals surface area contributed by atoms with Crippen LogP contribution in [0.5, 0.6) is 0 Å². The Labute approximate surface area is 81.9 Å². The summed E-state index contributed by atoms with van der Waals surface area (Å²) in [5, 5.41) is 0. The van der Waals surface area contributed by atoms with E-state index in [-0.39, 0.29) is 19.1 Å². The molecule has 0 spiro atoms. The summed E-state index contributed by atoms with van der Waals surface area (Å²) in [5.41, 5.74) is 5.07.